The molecule has 12 nitrogen and oxygen atoms in total. The minimum atomic E-state index is -4.89. The molecule has 7 rings (SSSR count). The van der Waals surface area contributed by atoms with Crippen molar-refractivity contribution in [2.45, 2.75) is 51.2 Å². The van der Waals surface area contributed by atoms with Gasteiger partial charge in [-0.3, -0.25) is 28.9 Å². The van der Waals surface area contributed by atoms with Gasteiger partial charge in [-0.1, -0.05) is 24.3 Å². The van der Waals surface area contributed by atoms with Gasteiger partial charge in [-0.05, 0) is 92.6 Å². The van der Waals surface area contributed by atoms with Crippen LogP contribution in [0.3, 0.4) is 0 Å². The van der Waals surface area contributed by atoms with Crippen LogP contribution in [0, 0.1) is 23.0 Å². The van der Waals surface area contributed by atoms with Crippen LogP contribution in [-0.4, -0.2) is 80.3 Å². The number of halogens is 5. The van der Waals surface area contributed by atoms with Crippen LogP contribution in [0.2, 0.25) is 0 Å². The van der Waals surface area contributed by atoms with Crippen LogP contribution in [0.15, 0.2) is 83.7 Å². The second-order valence-corrected chi connectivity index (χ2v) is 15.7. The number of nitriles is 1. The van der Waals surface area contributed by atoms with Gasteiger partial charge in [-0.25, -0.2) is 13.9 Å². The van der Waals surface area contributed by atoms with E-state index in [0.29, 0.717) is 28.1 Å². The fourth-order valence-corrected chi connectivity index (χ4v) is 8.22. The van der Waals surface area contributed by atoms with Gasteiger partial charge in [0.25, 0.3) is 17.4 Å². The monoisotopic (exact) mass is 869 g/mol. The normalized spacial score (nSPS) is 15.3. The third-order valence-corrected chi connectivity index (χ3v) is 11.4. The maximum Gasteiger partial charge on any atom is 0.417 e. The Morgan fingerprint density at radius 3 is 2.19 bits per heavy atom. The maximum absolute atomic E-state index is 15.5. The number of Topliss-reactive ketones (excluding diaryl/α,β-unsaturated/α-hetero) is 1. The average Bonchev–Trinajstić information content (AvgIpc) is 3.43. The van der Waals surface area contributed by atoms with Crippen molar-refractivity contribution in [1.82, 2.24) is 20.0 Å². The molecule has 3 heterocycles. The quantitative estimate of drug-likeness (QED) is 0.0895. The van der Waals surface area contributed by atoms with Crippen LogP contribution >= 0.6 is 12.2 Å². The lowest BCUT2D eigenvalue weighted by Gasteiger charge is -2.35. The van der Waals surface area contributed by atoms with Gasteiger partial charge in [0.1, 0.15) is 17.2 Å². The number of piperazine rings is 1. The first kappa shape index (κ1) is 43.2. The first-order chi connectivity index (χ1) is 29.4. The van der Waals surface area contributed by atoms with Crippen LogP contribution in [0.5, 0.6) is 0 Å². The zero-order valence-electron chi connectivity index (χ0n) is 33.2. The number of thiocarbonyl (C=S) groups is 1. The average molecular weight is 870 g/mol. The third-order valence-electron chi connectivity index (χ3n) is 11.0. The highest BCUT2D eigenvalue weighted by Gasteiger charge is 2.51. The second kappa shape index (κ2) is 16.9. The second-order valence-electron chi connectivity index (χ2n) is 15.3. The predicted molar refractivity (Wildman–Crippen MR) is 221 cm³/mol. The number of nitrogens with zero attached hydrogens (tertiary/aromatic N) is 6. The van der Waals surface area contributed by atoms with E-state index in [9.17, 15) is 46.8 Å². The van der Waals surface area contributed by atoms with Crippen molar-refractivity contribution >= 4 is 63.0 Å². The summed E-state index contributed by atoms with van der Waals surface area (Å²) in [7, 11) is 0. The highest BCUT2D eigenvalue weighted by Crippen LogP contribution is 2.40. The number of carbonyl (C=O) groups excluding carboxylic acids is 4. The summed E-state index contributed by atoms with van der Waals surface area (Å²) in [6.07, 6.45) is -4.79. The molecule has 2 fully saturated rings. The van der Waals surface area contributed by atoms with E-state index in [1.165, 1.54) is 58.9 Å². The van der Waals surface area contributed by atoms with Gasteiger partial charge in [0, 0.05) is 56.5 Å². The molecule has 1 N–H and O–H groups in total. The number of anilines is 2. The van der Waals surface area contributed by atoms with Gasteiger partial charge < -0.3 is 14.7 Å². The Morgan fingerprint density at radius 2 is 1.52 bits per heavy atom. The number of benzene rings is 4. The van der Waals surface area contributed by atoms with E-state index in [-0.39, 0.29) is 90.9 Å². The Hall–Kier alpha value is -6.87. The van der Waals surface area contributed by atoms with E-state index in [1.54, 1.807) is 30.3 Å². The van der Waals surface area contributed by atoms with E-state index < -0.39 is 52.1 Å². The summed E-state index contributed by atoms with van der Waals surface area (Å²) in [5.74, 6) is -3.76. The molecule has 2 aliphatic heterocycles. The predicted octanol–water partition coefficient (Wildman–Crippen LogP) is 6.94. The van der Waals surface area contributed by atoms with Gasteiger partial charge >= 0.3 is 6.18 Å². The van der Waals surface area contributed by atoms with Crippen LogP contribution in [-0.2, 0) is 22.2 Å². The number of hydrogen-bond donors (Lipinski definition) is 1. The van der Waals surface area contributed by atoms with Crippen molar-refractivity contribution in [2.75, 3.05) is 36.0 Å². The van der Waals surface area contributed by atoms with Crippen molar-refractivity contribution in [3.63, 3.8) is 0 Å². The van der Waals surface area contributed by atoms with E-state index in [0.717, 1.165) is 23.1 Å². The summed E-state index contributed by atoms with van der Waals surface area (Å²) in [5, 5.41) is 16.7. The Balaban J connectivity index is 0.932. The Kier molecular flexibility index (Phi) is 11.8. The third kappa shape index (κ3) is 8.27. The van der Waals surface area contributed by atoms with Gasteiger partial charge in [-0.15, -0.1) is 0 Å². The molecule has 1 aromatic heterocycles. The molecular formula is C44H36F5N7O5S. The standard InChI is InChI=1S/C44H36F5N7O5S/c1-43(2)41(61)55(27-12-11-26(24-50)33(22-27)44(47,48)49)42(62)56(43)28-13-14-31(35(46)23-28)37(57)8-5-9-38(58)53-16-18-54(19-17-53)40(60)32-20-25(10-15-34(32)45)21-36-29-6-3-4-7-30(29)39(59)52-51-36/h3-4,6-7,10-15,20,22-23H,5,8-9,16-19,21H2,1-2H3,(H,52,59). The van der Waals surface area contributed by atoms with Gasteiger partial charge in [0.2, 0.25) is 5.91 Å². The van der Waals surface area contributed by atoms with E-state index >= 15 is 4.39 Å². The number of nitrogens with one attached hydrogen (secondary N) is 1. The lowest BCUT2D eigenvalue weighted by molar-refractivity contribution is -0.138. The Morgan fingerprint density at radius 1 is 0.839 bits per heavy atom. The summed E-state index contributed by atoms with van der Waals surface area (Å²) in [6.45, 7) is 3.54. The molecule has 4 aromatic carbocycles. The number of aromatic nitrogens is 2. The van der Waals surface area contributed by atoms with E-state index in [1.807, 2.05) is 0 Å². The molecule has 0 spiro atoms. The smallest absolute Gasteiger partial charge is 0.339 e. The van der Waals surface area contributed by atoms with Crippen molar-refractivity contribution in [3.8, 4) is 6.07 Å². The molecule has 0 unspecified atom stereocenters. The van der Waals surface area contributed by atoms with Crippen molar-refractivity contribution in [2.24, 2.45) is 0 Å². The molecule has 0 saturated carbocycles. The first-order valence-electron chi connectivity index (χ1n) is 19.3. The molecule has 2 saturated heterocycles. The lowest BCUT2D eigenvalue weighted by Crippen LogP contribution is -2.50. The zero-order chi connectivity index (χ0) is 44.7. The molecule has 18 heteroatoms. The Bertz CT molecular complexity index is 2780. The minimum absolute atomic E-state index is 0.0386. The van der Waals surface area contributed by atoms with Crippen molar-refractivity contribution in [1.29, 1.82) is 5.26 Å². The molecule has 318 valence electrons. The van der Waals surface area contributed by atoms with E-state index in [4.69, 9.17) is 12.2 Å². The molecular weight excluding hydrogens is 834 g/mol. The molecule has 3 amide bonds. The number of hydrogen-bond acceptors (Lipinski definition) is 8. The van der Waals surface area contributed by atoms with Crippen LogP contribution < -0.4 is 15.4 Å². The maximum atomic E-state index is 15.5. The number of rotatable bonds is 10. The molecule has 0 bridgehead atoms. The topological polar surface area (TPSA) is 151 Å². The van der Waals surface area contributed by atoms with Crippen LogP contribution in [0.1, 0.15) is 76.2 Å². The van der Waals surface area contributed by atoms with Crippen LogP contribution in [0.4, 0.5) is 33.3 Å². The number of H-pyrrole nitrogens is 1. The molecule has 5 aromatic rings. The number of fused-ring (bicyclic) bond motifs is 1. The minimum Gasteiger partial charge on any atom is -0.339 e. The number of alkyl halides is 3. The summed E-state index contributed by atoms with van der Waals surface area (Å²) in [6, 6.07) is 19.0. The van der Waals surface area contributed by atoms with Gasteiger partial charge in [0.15, 0.2) is 10.9 Å². The van der Waals surface area contributed by atoms with Crippen LogP contribution in [0.25, 0.3) is 10.8 Å². The summed E-state index contributed by atoms with van der Waals surface area (Å²) in [4.78, 5) is 70.5. The molecule has 0 aliphatic carbocycles. The molecule has 0 atom stereocenters. The van der Waals surface area contributed by atoms with Gasteiger partial charge in [0.05, 0.1) is 45.1 Å². The van der Waals surface area contributed by atoms with Gasteiger partial charge in [-0.2, -0.15) is 23.5 Å². The van der Waals surface area contributed by atoms with Crippen molar-refractivity contribution in [3.05, 3.63) is 134 Å². The molecule has 62 heavy (non-hydrogen) atoms. The zero-order valence-corrected chi connectivity index (χ0v) is 34.0. The fourth-order valence-electron chi connectivity index (χ4n) is 7.70. The number of ketones is 1. The summed E-state index contributed by atoms with van der Waals surface area (Å²) < 4.78 is 71.7. The van der Waals surface area contributed by atoms with E-state index in [2.05, 4.69) is 10.2 Å². The highest BCUT2D eigenvalue weighted by molar-refractivity contribution is 7.81. The molecule has 2 aliphatic rings. The lowest BCUT2D eigenvalue weighted by atomic mass is 10.0. The molecule has 0 radical (unpaired) electrons. The largest absolute Gasteiger partial charge is 0.417 e. The SMILES string of the molecule is CC1(C)C(=O)N(c2ccc(C#N)c(C(F)(F)F)c2)C(=S)N1c1ccc(C(=O)CCCC(=O)N2CCN(C(=O)c3cc(Cc4n[nH]c(=O)c5ccccc45)ccc3F)CC2)c(F)c1. The number of carbonyl (C=O) groups is 4. The van der Waals surface area contributed by atoms with Crippen molar-refractivity contribution < 1.29 is 41.1 Å². The summed E-state index contributed by atoms with van der Waals surface area (Å²) in [5.41, 5.74) is -3.13. The fraction of sp³-hybridized carbons (Fsp3) is 0.273. The first-order valence-corrected chi connectivity index (χ1v) is 19.8. The number of aromatic amines is 1. The Labute approximate surface area is 356 Å². The number of amides is 3. The highest BCUT2D eigenvalue weighted by atomic mass is 32.1. The summed E-state index contributed by atoms with van der Waals surface area (Å²) >= 11 is 5.51.